The highest BCUT2D eigenvalue weighted by Gasteiger charge is 2.26. The summed E-state index contributed by atoms with van der Waals surface area (Å²) in [7, 11) is -3.81. The number of hydrogen-bond acceptors (Lipinski definition) is 3. The van der Waals surface area contributed by atoms with Crippen LogP contribution in [0.4, 0.5) is 4.39 Å². The van der Waals surface area contributed by atoms with Gasteiger partial charge in [0.2, 0.25) is 10.0 Å². The molecule has 0 unspecified atom stereocenters. The number of benzene rings is 1. The summed E-state index contributed by atoms with van der Waals surface area (Å²) < 4.78 is 40.7. The molecule has 0 aromatic heterocycles. The lowest BCUT2D eigenvalue weighted by Crippen LogP contribution is -2.33. The van der Waals surface area contributed by atoms with E-state index in [9.17, 15) is 12.8 Å². The van der Waals surface area contributed by atoms with E-state index in [4.69, 9.17) is 5.73 Å². The normalized spacial score (nSPS) is 12.0. The summed E-state index contributed by atoms with van der Waals surface area (Å²) in [6.45, 7) is 5.03. The molecule has 0 saturated heterocycles. The van der Waals surface area contributed by atoms with Crippen molar-refractivity contribution in [1.82, 2.24) is 4.31 Å². The van der Waals surface area contributed by atoms with E-state index in [1.54, 1.807) is 0 Å². The Bertz CT molecular complexity index is 539. The molecule has 1 rings (SSSR count). The van der Waals surface area contributed by atoms with Gasteiger partial charge in [0.05, 0.1) is 0 Å². The summed E-state index contributed by atoms with van der Waals surface area (Å²) in [5.74, 6) is -0.717. The van der Waals surface area contributed by atoms with Crippen LogP contribution in [0, 0.1) is 5.82 Å². The minimum absolute atomic E-state index is 0.187. The van der Waals surface area contributed by atoms with Crippen molar-refractivity contribution in [2.75, 3.05) is 13.1 Å². The van der Waals surface area contributed by atoms with Crippen molar-refractivity contribution in [2.45, 2.75) is 51.0 Å². The fourth-order valence-electron chi connectivity index (χ4n) is 2.03. The predicted molar refractivity (Wildman–Crippen MR) is 82.9 cm³/mol. The summed E-state index contributed by atoms with van der Waals surface area (Å²) in [5, 5.41) is 0. The Morgan fingerprint density at radius 3 is 2.19 bits per heavy atom. The first-order chi connectivity index (χ1) is 9.97. The van der Waals surface area contributed by atoms with E-state index in [0.717, 1.165) is 25.7 Å². The van der Waals surface area contributed by atoms with Crippen molar-refractivity contribution in [1.29, 1.82) is 0 Å². The molecule has 0 fully saturated rings. The van der Waals surface area contributed by atoms with Gasteiger partial charge in [0, 0.05) is 19.6 Å². The lowest BCUT2D eigenvalue weighted by atomic mass is 10.2. The molecule has 0 aliphatic rings. The molecule has 1 aromatic rings. The number of hydrogen-bond donors (Lipinski definition) is 1. The van der Waals surface area contributed by atoms with Crippen LogP contribution in [0.15, 0.2) is 23.1 Å². The van der Waals surface area contributed by atoms with Gasteiger partial charge in [-0.25, -0.2) is 12.8 Å². The number of rotatable bonds is 9. The Labute approximate surface area is 127 Å². The summed E-state index contributed by atoms with van der Waals surface area (Å²) in [4.78, 5) is -0.266. The third-order valence-electron chi connectivity index (χ3n) is 3.37. The third-order valence-corrected chi connectivity index (χ3v) is 5.28. The Morgan fingerprint density at radius 1 is 1.14 bits per heavy atom. The molecule has 0 bridgehead atoms. The van der Waals surface area contributed by atoms with Gasteiger partial charge in [-0.05, 0) is 30.5 Å². The van der Waals surface area contributed by atoms with Crippen LogP contribution in [-0.4, -0.2) is 25.8 Å². The molecular weight excluding hydrogens is 291 g/mol. The van der Waals surface area contributed by atoms with E-state index in [0.29, 0.717) is 18.7 Å². The molecule has 0 saturated carbocycles. The monoisotopic (exact) mass is 316 g/mol. The highest BCUT2D eigenvalue weighted by molar-refractivity contribution is 7.89. The molecule has 0 radical (unpaired) electrons. The standard InChI is InChI=1S/C15H25FN2O2S/c1-3-5-9-18(10-6-4-2)21(19,20)15-11-13(12-17)7-8-14(15)16/h7-8,11H,3-6,9-10,12,17H2,1-2H3. The molecule has 120 valence electrons. The van der Waals surface area contributed by atoms with Crippen LogP contribution in [-0.2, 0) is 16.6 Å². The van der Waals surface area contributed by atoms with Gasteiger partial charge < -0.3 is 5.73 Å². The maximum absolute atomic E-state index is 14.0. The molecule has 0 amide bonds. The Hall–Kier alpha value is -0.980. The largest absolute Gasteiger partial charge is 0.326 e. The van der Waals surface area contributed by atoms with Crippen molar-refractivity contribution in [3.05, 3.63) is 29.6 Å². The summed E-state index contributed by atoms with van der Waals surface area (Å²) >= 11 is 0. The summed E-state index contributed by atoms with van der Waals surface area (Å²) in [5.41, 5.74) is 6.13. The molecule has 6 heteroatoms. The van der Waals surface area contributed by atoms with Crippen LogP contribution in [0.5, 0.6) is 0 Å². The first-order valence-electron chi connectivity index (χ1n) is 7.46. The Kier molecular flexibility index (Phi) is 7.28. The second-order valence-corrected chi connectivity index (χ2v) is 6.99. The zero-order chi connectivity index (χ0) is 15.9. The topological polar surface area (TPSA) is 63.4 Å². The second-order valence-electron chi connectivity index (χ2n) is 5.08. The first kappa shape index (κ1) is 18.1. The van der Waals surface area contributed by atoms with E-state index < -0.39 is 15.8 Å². The van der Waals surface area contributed by atoms with E-state index in [1.165, 1.54) is 22.5 Å². The average molecular weight is 316 g/mol. The Balaban J connectivity index is 3.14. The van der Waals surface area contributed by atoms with Gasteiger partial charge in [-0.3, -0.25) is 0 Å². The molecular formula is C15H25FN2O2S. The maximum atomic E-state index is 14.0. The number of sulfonamides is 1. The van der Waals surface area contributed by atoms with E-state index in [-0.39, 0.29) is 11.4 Å². The summed E-state index contributed by atoms with van der Waals surface area (Å²) in [6.07, 6.45) is 3.31. The molecule has 0 atom stereocenters. The zero-order valence-corrected chi connectivity index (χ0v) is 13.6. The molecule has 0 spiro atoms. The average Bonchev–Trinajstić information content (AvgIpc) is 2.47. The predicted octanol–water partition coefficient (Wildman–Crippen LogP) is 2.88. The minimum atomic E-state index is -3.81. The number of halogens is 1. The van der Waals surface area contributed by atoms with E-state index in [2.05, 4.69) is 0 Å². The van der Waals surface area contributed by atoms with Crippen LogP contribution in [0.1, 0.15) is 45.1 Å². The number of unbranched alkanes of at least 4 members (excludes halogenated alkanes) is 2. The highest BCUT2D eigenvalue weighted by atomic mass is 32.2. The van der Waals surface area contributed by atoms with Crippen LogP contribution >= 0.6 is 0 Å². The van der Waals surface area contributed by atoms with Gasteiger partial charge in [-0.15, -0.1) is 0 Å². The van der Waals surface area contributed by atoms with Crippen molar-refractivity contribution in [3.8, 4) is 0 Å². The molecule has 1 aromatic carbocycles. The van der Waals surface area contributed by atoms with E-state index in [1.807, 2.05) is 13.8 Å². The number of nitrogens with two attached hydrogens (primary N) is 1. The Morgan fingerprint density at radius 2 is 1.71 bits per heavy atom. The van der Waals surface area contributed by atoms with Crippen molar-refractivity contribution >= 4 is 10.0 Å². The smallest absolute Gasteiger partial charge is 0.245 e. The lowest BCUT2D eigenvalue weighted by Gasteiger charge is -2.22. The van der Waals surface area contributed by atoms with Gasteiger partial charge >= 0.3 is 0 Å². The van der Waals surface area contributed by atoms with Crippen LogP contribution in [0.25, 0.3) is 0 Å². The van der Waals surface area contributed by atoms with Gasteiger partial charge in [0.15, 0.2) is 0 Å². The zero-order valence-electron chi connectivity index (χ0n) is 12.8. The molecule has 2 N–H and O–H groups in total. The van der Waals surface area contributed by atoms with Crippen molar-refractivity contribution < 1.29 is 12.8 Å². The first-order valence-corrected chi connectivity index (χ1v) is 8.90. The molecule has 0 aliphatic heterocycles. The minimum Gasteiger partial charge on any atom is -0.326 e. The van der Waals surface area contributed by atoms with Gasteiger partial charge in [0.25, 0.3) is 0 Å². The van der Waals surface area contributed by atoms with Crippen LogP contribution in [0.2, 0.25) is 0 Å². The van der Waals surface area contributed by atoms with Gasteiger partial charge in [-0.1, -0.05) is 32.8 Å². The molecule has 4 nitrogen and oxygen atoms in total. The van der Waals surface area contributed by atoms with Crippen LogP contribution < -0.4 is 5.73 Å². The maximum Gasteiger partial charge on any atom is 0.245 e. The fraction of sp³-hybridized carbons (Fsp3) is 0.600. The lowest BCUT2D eigenvalue weighted by molar-refractivity contribution is 0.392. The van der Waals surface area contributed by atoms with Gasteiger partial charge in [-0.2, -0.15) is 4.31 Å². The van der Waals surface area contributed by atoms with Crippen LogP contribution in [0.3, 0.4) is 0 Å². The second kappa shape index (κ2) is 8.46. The molecule has 0 aliphatic carbocycles. The molecule has 0 heterocycles. The fourth-order valence-corrected chi connectivity index (χ4v) is 3.66. The SMILES string of the molecule is CCCCN(CCCC)S(=O)(=O)c1cc(CN)ccc1F. The highest BCUT2D eigenvalue weighted by Crippen LogP contribution is 2.22. The third kappa shape index (κ3) is 4.76. The number of nitrogens with zero attached hydrogens (tertiary/aromatic N) is 1. The summed E-state index contributed by atoms with van der Waals surface area (Å²) in [6, 6.07) is 4.03. The molecule has 21 heavy (non-hydrogen) atoms. The van der Waals surface area contributed by atoms with Crippen molar-refractivity contribution in [3.63, 3.8) is 0 Å². The van der Waals surface area contributed by atoms with Gasteiger partial charge in [0.1, 0.15) is 10.7 Å². The quantitative estimate of drug-likeness (QED) is 0.762. The van der Waals surface area contributed by atoms with E-state index >= 15 is 0 Å². The van der Waals surface area contributed by atoms with Crippen molar-refractivity contribution in [2.24, 2.45) is 5.73 Å².